The first kappa shape index (κ1) is 14.8. The molecule has 1 atom stereocenters. The van der Waals surface area contributed by atoms with Crippen molar-refractivity contribution >= 4 is 12.0 Å². The molecule has 5 nitrogen and oxygen atoms in total. The van der Waals surface area contributed by atoms with E-state index in [0.717, 1.165) is 6.42 Å². The summed E-state index contributed by atoms with van der Waals surface area (Å²) in [5.41, 5.74) is -1.04. The summed E-state index contributed by atoms with van der Waals surface area (Å²) in [6.07, 6.45) is 2.00. The van der Waals surface area contributed by atoms with E-state index in [4.69, 9.17) is 0 Å². The van der Waals surface area contributed by atoms with Gasteiger partial charge < -0.3 is 15.3 Å². The average Bonchev–Trinajstić information content (AvgIpc) is 2.61. The van der Waals surface area contributed by atoms with Crippen molar-refractivity contribution in [3.8, 4) is 0 Å². The van der Waals surface area contributed by atoms with E-state index in [-0.39, 0.29) is 11.6 Å². The molecule has 1 fully saturated rings. The lowest BCUT2D eigenvalue weighted by Gasteiger charge is -2.27. The van der Waals surface area contributed by atoms with Crippen LogP contribution < -0.4 is 5.32 Å². The van der Waals surface area contributed by atoms with Crippen LogP contribution >= 0.6 is 0 Å². The second-order valence-electron chi connectivity index (χ2n) is 6.19. The third-order valence-electron chi connectivity index (χ3n) is 3.31. The fourth-order valence-electron chi connectivity index (χ4n) is 2.41. The standard InChI is InChI=1S/C13H24N2O3/c1-5-6-13(10(16)17)7-8-15(9-13)11(18)14-12(2,3)4/h5-9H2,1-4H3,(H,14,18)(H,16,17). The van der Waals surface area contributed by atoms with Gasteiger partial charge in [0, 0.05) is 18.6 Å². The van der Waals surface area contributed by atoms with Crippen LogP contribution in [0.5, 0.6) is 0 Å². The molecule has 1 saturated heterocycles. The molecule has 0 aliphatic carbocycles. The zero-order valence-electron chi connectivity index (χ0n) is 11.7. The van der Waals surface area contributed by atoms with Crippen molar-refractivity contribution < 1.29 is 14.7 Å². The molecule has 2 N–H and O–H groups in total. The molecule has 1 unspecified atom stereocenters. The Balaban J connectivity index is 2.69. The van der Waals surface area contributed by atoms with E-state index >= 15 is 0 Å². The predicted molar refractivity (Wildman–Crippen MR) is 69.5 cm³/mol. The molecule has 0 radical (unpaired) electrons. The Morgan fingerprint density at radius 1 is 1.39 bits per heavy atom. The summed E-state index contributed by atoms with van der Waals surface area (Å²) in [5, 5.41) is 12.2. The van der Waals surface area contributed by atoms with Crippen molar-refractivity contribution in [3.63, 3.8) is 0 Å². The number of nitrogens with one attached hydrogen (secondary N) is 1. The second kappa shape index (κ2) is 5.16. The monoisotopic (exact) mass is 256 g/mol. The van der Waals surface area contributed by atoms with Gasteiger partial charge in [0.1, 0.15) is 0 Å². The van der Waals surface area contributed by atoms with Crippen LogP contribution in [0, 0.1) is 5.41 Å². The minimum absolute atomic E-state index is 0.165. The van der Waals surface area contributed by atoms with Crippen molar-refractivity contribution in [2.24, 2.45) is 5.41 Å². The van der Waals surface area contributed by atoms with Crippen molar-refractivity contribution in [2.75, 3.05) is 13.1 Å². The van der Waals surface area contributed by atoms with Gasteiger partial charge in [-0.2, -0.15) is 0 Å². The molecule has 0 saturated carbocycles. The average molecular weight is 256 g/mol. The molecule has 104 valence electrons. The predicted octanol–water partition coefficient (Wildman–Crippen LogP) is 2.07. The van der Waals surface area contributed by atoms with Crippen LogP contribution in [0.15, 0.2) is 0 Å². The Labute approximate surface area is 109 Å². The molecule has 5 heteroatoms. The number of likely N-dealkylation sites (tertiary alicyclic amines) is 1. The number of carbonyl (C=O) groups is 2. The molecule has 18 heavy (non-hydrogen) atoms. The summed E-state index contributed by atoms with van der Waals surface area (Å²) in [6, 6.07) is -0.165. The smallest absolute Gasteiger partial charge is 0.317 e. The lowest BCUT2D eigenvalue weighted by molar-refractivity contribution is -0.148. The zero-order valence-corrected chi connectivity index (χ0v) is 11.7. The Morgan fingerprint density at radius 3 is 2.44 bits per heavy atom. The summed E-state index contributed by atoms with van der Waals surface area (Å²) in [7, 11) is 0. The molecular weight excluding hydrogens is 232 g/mol. The number of amides is 2. The summed E-state index contributed by atoms with van der Waals surface area (Å²) in [6.45, 7) is 8.56. The Morgan fingerprint density at radius 2 is 2.00 bits per heavy atom. The molecular formula is C13H24N2O3. The lowest BCUT2D eigenvalue weighted by atomic mass is 9.83. The molecule has 0 aromatic carbocycles. The van der Waals surface area contributed by atoms with Crippen LogP contribution in [-0.4, -0.2) is 40.6 Å². The minimum atomic E-state index is -0.782. The molecule has 0 bridgehead atoms. The van der Waals surface area contributed by atoms with E-state index in [2.05, 4.69) is 5.32 Å². The number of carboxylic acids is 1. The molecule has 2 amide bonds. The van der Waals surface area contributed by atoms with Gasteiger partial charge >= 0.3 is 12.0 Å². The van der Waals surface area contributed by atoms with Crippen molar-refractivity contribution in [1.29, 1.82) is 0 Å². The van der Waals surface area contributed by atoms with Crippen LogP contribution in [0.1, 0.15) is 47.0 Å². The fourth-order valence-corrected chi connectivity index (χ4v) is 2.41. The maximum absolute atomic E-state index is 12.0. The molecule has 1 heterocycles. The van der Waals surface area contributed by atoms with Crippen LogP contribution in [0.2, 0.25) is 0 Å². The fraction of sp³-hybridized carbons (Fsp3) is 0.846. The SMILES string of the molecule is CCCC1(C(=O)O)CCN(C(=O)NC(C)(C)C)C1. The topological polar surface area (TPSA) is 69.6 Å². The number of hydrogen-bond acceptors (Lipinski definition) is 2. The van der Waals surface area contributed by atoms with Crippen molar-refractivity contribution in [1.82, 2.24) is 10.2 Å². The quantitative estimate of drug-likeness (QED) is 0.812. The molecule has 0 aromatic rings. The highest BCUT2D eigenvalue weighted by Crippen LogP contribution is 2.35. The van der Waals surface area contributed by atoms with E-state index in [0.29, 0.717) is 25.9 Å². The molecule has 1 rings (SSSR count). The summed E-state index contributed by atoms with van der Waals surface area (Å²) in [4.78, 5) is 25.0. The van der Waals surface area contributed by atoms with E-state index in [1.165, 1.54) is 0 Å². The number of carbonyl (C=O) groups excluding carboxylic acids is 1. The first-order chi connectivity index (χ1) is 8.20. The van der Waals surface area contributed by atoms with E-state index in [9.17, 15) is 14.7 Å². The Bertz CT molecular complexity index is 336. The highest BCUT2D eigenvalue weighted by atomic mass is 16.4. The highest BCUT2D eigenvalue weighted by molar-refractivity contribution is 5.80. The zero-order chi connectivity index (χ0) is 14.0. The van der Waals surface area contributed by atoms with E-state index in [1.807, 2.05) is 27.7 Å². The Hall–Kier alpha value is -1.26. The van der Waals surface area contributed by atoms with Crippen LogP contribution in [0.3, 0.4) is 0 Å². The number of urea groups is 1. The van der Waals surface area contributed by atoms with Gasteiger partial charge in [-0.15, -0.1) is 0 Å². The molecule has 1 aliphatic heterocycles. The summed E-state index contributed by atoms with van der Waals surface area (Å²) in [5.74, 6) is -0.782. The summed E-state index contributed by atoms with van der Waals surface area (Å²) >= 11 is 0. The van der Waals surface area contributed by atoms with Gasteiger partial charge in [-0.3, -0.25) is 4.79 Å². The van der Waals surface area contributed by atoms with Gasteiger partial charge in [-0.25, -0.2) is 4.79 Å². The van der Waals surface area contributed by atoms with E-state index in [1.54, 1.807) is 4.90 Å². The minimum Gasteiger partial charge on any atom is -0.481 e. The van der Waals surface area contributed by atoms with Gasteiger partial charge in [0.05, 0.1) is 5.41 Å². The number of nitrogens with zero attached hydrogens (tertiary/aromatic N) is 1. The molecule has 0 spiro atoms. The van der Waals surface area contributed by atoms with E-state index < -0.39 is 11.4 Å². The normalized spacial score (nSPS) is 24.1. The number of carboxylic acid groups (broad SMARTS) is 1. The van der Waals surface area contributed by atoms with Crippen LogP contribution in [-0.2, 0) is 4.79 Å². The first-order valence-electron chi connectivity index (χ1n) is 6.51. The first-order valence-corrected chi connectivity index (χ1v) is 6.51. The third-order valence-corrected chi connectivity index (χ3v) is 3.31. The maximum atomic E-state index is 12.0. The lowest BCUT2D eigenvalue weighted by Crippen LogP contribution is -2.48. The third kappa shape index (κ3) is 3.37. The van der Waals surface area contributed by atoms with Crippen LogP contribution in [0.25, 0.3) is 0 Å². The number of aliphatic carboxylic acids is 1. The van der Waals surface area contributed by atoms with Gasteiger partial charge in [-0.05, 0) is 33.6 Å². The number of rotatable bonds is 3. The largest absolute Gasteiger partial charge is 0.481 e. The van der Waals surface area contributed by atoms with Crippen molar-refractivity contribution in [2.45, 2.75) is 52.5 Å². The van der Waals surface area contributed by atoms with Gasteiger partial charge in [0.25, 0.3) is 0 Å². The summed E-state index contributed by atoms with van der Waals surface area (Å²) < 4.78 is 0. The molecule has 0 aromatic heterocycles. The number of hydrogen-bond donors (Lipinski definition) is 2. The van der Waals surface area contributed by atoms with Gasteiger partial charge in [-0.1, -0.05) is 13.3 Å². The maximum Gasteiger partial charge on any atom is 0.317 e. The van der Waals surface area contributed by atoms with Crippen molar-refractivity contribution in [3.05, 3.63) is 0 Å². The van der Waals surface area contributed by atoms with Gasteiger partial charge in [0.2, 0.25) is 0 Å². The van der Waals surface area contributed by atoms with Gasteiger partial charge in [0.15, 0.2) is 0 Å². The van der Waals surface area contributed by atoms with Crippen LogP contribution in [0.4, 0.5) is 4.79 Å². The second-order valence-corrected chi connectivity index (χ2v) is 6.19. The molecule has 1 aliphatic rings. The highest BCUT2D eigenvalue weighted by Gasteiger charge is 2.45. The Kier molecular flexibility index (Phi) is 4.24.